The molecule has 0 spiro atoms. The molecule has 1 saturated carbocycles. The predicted octanol–water partition coefficient (Wildman–Crippen LogP) is 3.91. The molecule has 16 heavy (non-hydrogen) atoms. The highest BCUT2D eigenvalue weighted by Crippen LogP contribution is 2.30. The Hall–Kier alpha value is -0.0900. The molecule has 1 nitrogen and oxygen atoms in total. The fourth-order valence-electron chi connectivity index (χ4n) is 2.06. The molecule has 0 unspecified atom stereocenters. The van der Waals surface area contributed by atoms with Crippen LogP contribution in [0, 0.1) is 9.49 Å². The third kappa shape index (κ3) is 4.06. The Kier molecular flexibility index (Phi) is 4.65. The van der Waals surface area contributed by atoms with E-state index < -0.39 is 0 Å². The second-order valence-electron chi connectivity index (χ2n) is 4.80. The summed E-state index contributed by atoms with van der Waals surface area (Å²) in [5.74, 6) is 0.996. The van der Waals surface area contributed by atoms with Crippen molar-refractivity contribution in [3.63, 3.8) is 0 Å². The van der Waals surface area contributed by atoms with E-state index in [2.05, 4.69) is 58.7 Å². The molecule has 88 valence electrons. The van der Waals surface area contributed by atoms with Crippen LogP contribution in [0.25, 0.3) is 0 Å². The molecule has 0 amide bonds. The van der Waals surface area contributed by atoms with Gasteiger partial charge in [-0.25, -0.2) is 0 Å². The van der Waals surface area contributed by atoms with E-state index in [1.54, 1.807) is 0 Å². The zero-order chi connectivity index (χ0) is 11.4. The summed E-state index contributed by atoms with van der Waals surface area (Å²) in [5.41, 5.74) is 1.45. The van der Waals surface area contributed by atoms with Crippen LogP contribution in [0.1, 0.15) is 31.7 Å². The van der Waals surface area contributed by atoms with Gasteiger partial charge in [-0.05, 0) is 72.0 Å². The lowest BCUT2D eigenvalue weighted by molar-refractivity contribution is 0.255. The maximum absolute atomic E-state index is 2.61. The number of rotatable bonds is 6. The van der Waals surface area contributed by atoms with Crippen molar-refractivity contribution < 1.29 is 0 Å². The molecule has 1 aliphatic rings. The summed E-state index contributed by atoms with van der Waals surface area (Å²) in [4.78, 5) is 2.61. The third-order valence-corrected chi connectivity index (χ3v) is 3.79. The molecule has 0 aliphatic heterocycles. The van der Waals surface area contributed by atoms with Gasteiger partial charge in [0.05, 0.1) is 0 Å². The Morgan fingerprint density at radius 1 is 1.25 bits per heavy atom. The minimum atomic E-state index is 0.996. The second-order valence-corrected chi connectivity index (χ2v) is 6.05. The van der Waals surface area contributed by atoms with E-state index in [-0.39, 0.29) is 0 Å². The zero-order valence-electron chi connectivity index (χ0n) is 9.95. The lowest BCUT2D eigenvalue weighted by Crippen LogP contribution is -2.26. The molecule has 0 saturated heterocycles. The Balaban J connectivity index is 1.90. The minimum Gasteiger partial charge on any atom is -0.299 e. The Morgan fingerprint density at radius 2 is 1.94 bits per heavy atom. The van der Waals surface area contributed by atoms with Gasteiger partial charge in [0.25, 0.3) is 0 Å². The van der Waals surface area contributed by atoms with Crippen LogP contribution in [-0.2, 0) is 6.54 Å². The van der Waals surface area contributed by atoms with E-state index in [4.69, 9.17) is 0 Å². The van der Waals surface area contributed by atoms with Crippen molar-refractivity contribution >= 4 is 22.6 Å². The van der Waals surface area contributed by atoms with Crippen LogP contribution >= 0.6 is 22.6 Å². The van der Waals surface area contributed by atoms with Crippen LogP contribution in [0.5, 0.6) is 0 Å². The highest BCUT2D eigenvalue weighted by atomic mass is 127. The van der Waals surface area contributed by atoms with Crippen LogP contribution in [0.15, 0.2) is 24.3 Å². The Morgan fingerprint density at radius 3 is 2.50 bits per heavy atom. The zero-order valence-corrected chi connectivity index (χ0v) is 12.1. The van der Waals surface area contributed by atoms with Crippen LogP contribution in [0.4, 0.5) is 0 Å². The fraction of sp³-hybridized carbons (Fsp3) is 0.571. The van der Waals surface area contributed by atoms with E-state index >= 15 is 0 Å². The van der Waals surface area contributed by atoms with E-state index in [1.807, 2.05) is 0 Å². The van der Waals surface area contributed by atoms with Gasteiger partial charge < -0.3 is 0 Å². The predicted molar refractivity (Wildman–Crippen MR) is 77.5 cm³/mol. The first-order valence-corrected chi connectivity index (χ1v) is 7.32. The van der Waals surface area contributed by atoms with E-state index in [9.17, 15) is 0 Å². The molecular weight excluding hydrogens is 309 g/mol. The minimum absolute atomic E-state index is 0.996. The van der Waals surface area contributed by atoms with Gasteiger partial charge in [-0.15, -0.1) is 0 Å². The summed E-state index contributed by atoms with van der Waals surface area (Å²) >= 11 is 2.36. The maximum Gasteiger partial charge on any atom is 0.0233 e. The van der Waals surface area contributed by atoms with Crippen LogP contribution in [0.2, 0.25) is 0 Å². The molecule has 1 aromatic rings. The monoisotopic (exact) mass is 329 g/mol. The largest absolute Gasteiger partial charge is 0.299 e. The van der Waals surface area contributed by atoms with Crippen molar-refractivity contribution in [2.75, 3.05) is 13.1 Å². The van der Waals surface area contributed by atoms with Crippen molar-refractivity contribution in [2.24, 2.45) is 5.92 Å². The first kappa shape index (κ1) is 12.4. The first-order chi connectivity index (χ1) is 7.78. The normalized spacial score (nSPS) is 15.7. The lowest BCUT2D eigenvalue weighted by Gasteiger charge is -2.21. The molecular formula is C14H20IN. The van der Waals surface area contributed by atoms with Crippen LogP contribution in [0.3, 0.4) is 0 Å². The molecule has 0 aromatic heterocycles. The lowest BCUT2D eigenvalue weighted by atomic mass is 10.2. The van der Waals surface area contributed by atoms with Crippen molar-refractivity contribution in [3.05, 3.63) is 33.4 Å². The summed E-state index contributed by atoms with van der Waals surface area (Å²) < 4.78 is 1.32. The Labute approximate surface area is 112 Å². The highest BCUT2D eigenvalue weighted by Gasteiger charge is 2.23. The molecule has 1 aliphatic carbocycles. The molecule has 0 atom stereocenters. The standard InChI is InChI=1S/C14H20IN/c1-2-9-16(10-12-3-4-12)11-13-5-7-14(15)8-6-13/h5-8,12H,2-4,9-11H2,1H3. The van der Waals surface area contributed by atoms with Gasteiger partial charge >= 0.3 is 0 Å². The van der Waals surface area contributed by atoms with E-state index in [0.29, 0.717) is 0 Å². The number of halogens is 1. The van der Waals surface area contributed by atoms with E-state index in [1.165, 1.54) is 41.5 Å². The van der Waals surface area contributed by atoms with Crippen molar-refractivity contribution in [1.82, 2.24) is 4.90 Å². The number of benzene rings is 1. The van der Waals surface area contributed by atoms with Gasteiger partial charge in [0.15, 0.2) is 0 Å². The molecule has 2 rings (SSSR count). The summed E-state index contributed by atoms with van der Waals surface area (Å²) in [6, 6.07) is 8.93. The second kappa shape index (κ2) is 6.01. The molecule has 0 radical (unpaired) electrons. The number of hydrogen-bond donors (Lipinski definition) is 0. The van der Waals surface area contributed by atoms with Gasteiger partial charge in [0, 0.05) is 16.7 Å². The number of nitrogens with zero attached hydrogens (tertiary/aromatic N) is 1. The first-order valence-electron chi connectivity index (χ1n) is 6.24. The van der Waals surface area contributed by atoms with Gasteiger partial charge in [-0.2, -0.15) is 0 Å². The summed E-state index contributed by atoms with van der Waals surface area (Å²) in [6.07, 6.45) is 4.16. The summed E-state index contributed by atoms with van der Waals surface area (Å²) in [7, 11) is 0. The van der Waals surface area contributed by atoms with E-state index in [0.717, 1.165) is 12.5 Å². The van der Waals surface area contributed by atoms with Crippen LogP contribution < -0.4 is 0 Å². The smallest absolute Gasteiger partial charge is 0.0233 e. The van der Waals surface area contributed by atoms with Crippen molar-refractivity contribution in [3.8, 4) is 0 Å². The SMILES string of the molecule is CCCN(Cc1ccc(I)cc1)CC1CC1. The number of hydrogen-bond acceptors (Lipinski definition) is 1. The highest BCUT2D eigenvalue weighted by molar-refractivity contribution is 14.1. The van der Waals surface area contributed by atoms with Gasteiger partial charge in [0.1, 0.15) is 0 Å². The fourth-order valence-corrected chi connectivity index (χ4v) is 2.42. The molecule has 0 N–H and O–H groups in total. The summed E-state index contributed by atoms with van der Waals surface area (Å²) in [6.45, 7) is 5.94. The average molecular weight is 329 g/mol. The average Bonchev–Trinajstić information content (AvgIpc) is 3.06. The van der Waals surface area contributed by atoms with Gasteiger partial charge in [-0.3, -0.25) is 4.90 Å². The Bertz CT molecular complexity index is 316. The van der Waals surface area contributed by atoms with Crippen molar-refractivity contribution in [2.45, 2.75) is 32.7 Å². The van der Waals surface area contributed by atoms with Crippen LogP contribution in [-0.4, -0.2) is 18.0 Å². The molecule has 0 bridgehead atoms. The maximum atomic E-state index is 2.61. The van der Waals surface area contributed by atoms with Gasteiger partial charge in [-0.1, -0.05) is 19.1 Å². The third-order valence-electron chi connectivity index (χ3n) is 3.07. The quantitative estimate of drug-likeness (QED) is 0.715. The van der Waals surface area contributed by atoms with Gasteiger partial charge in [0.2, 0.25) is 0 Å². The molecule has 1 fully saturated rings. The molecule has 1 aromatic carbocycles. The topological polar surface area (TPSA) is 3.24 Å². The molecule has 0 heterocycles. The summed E-state index contributed by atoms with van der Waals surface area (Å²) in [5, 5.41) is 0. The molecule has 2 heteroatoms. The van der Waals surface area contributed by atoms with Crippen molar-refractivity contribution in [1.29, 1.82) is 0 Å².